The fourth-order valence-corrected chi connectivity index (χ4v) is 2.03. The number of nitrogens with one attached hydrogen (secondary N) is 1. The van der Waals surface area contributed by atoms with Gasteiger partial charge in [0.1, 0.15) is 0 Å². The third-order valence-electron chi connectivity index (χ3n) is 3.59. The van der Waals surface area contributed by atoms with E-state index in [-0.39, 0.29) is 0 Å². The Morgan fingerprint density at radius 2 is 1.81 bits per heavy atom. The van der Waals surface area contributed by atoms with Gasteiger partial charge in [-0.15, -0.1) is 0 Å². The average molecular weight is 228 g/mol. The molecule has 0 bridgehead atoms. The van der Waals surface area contributed by atoms with Gasteiger partial charge in [0.05, 0.1) is 0 Å². The second-order valence-electron chi connectivity index (χ2n) is 5.49. The summed E-state index contributed by atoms with van der Waals surface area (Å²) in [6.07, 6.45) is 2.61. The summed E-state index contributed by atoms with van der Waals surface area (Å²) in [5.74, 6) is 0. The summed E-state index contributed by atoms with van der Waals surface area (Å²) in [5.41, 5.74) is 0.347. The first-order chi connectivity index (χ1) is 7.47. The van der Waals surface area contributed by atoms with E-state index in [0.29, 0.717) is 11.5 Å². The van der Waals surface area contributed by atoms with Gasteiger partial charge in [-0.05, 0) is 38.4 Å². The van der Waals surface area contributed by atoms with Crippen LogP contribution in [0.2, 0.25) is 0 Å². The molecular formula is C14H32N2. The van der Waals surface area contributed by atoms with Crippen LogP contribution in [0.1, 0.15) is 54.4 Å². The SMILES string of the molecule is CCCCN(CC)CC(C)(C)C(C)NCC. The van der Waals surface area contributed by atoms with Crippen molar-refractivity contribution in [2.24, 2.45) is 5.41 Å². The molecule has 0 fully saturated rings. The minimum atomic E-state index is 0.347. The maximum Gasteiger partial charge on any atom is 0.0102 e. The standard InChI is InChI=1S/C14H32N2/c1-7-10-11-16(9-3)12-14(5,6)13(4)15-8-2/h13,15H,7-12H2,1-6H3. The van der Waals surface area contributed by atoms with Crippen LogP contribution in [0.3, 0.4) is 0 Å². The molecule has 0 aromatic rings. The first-order valence-corrected chi connectivity index (χ1v) is 6.93. The normalized spacial score (nSPS) is 14.4. The molecule has 0 heterocycles. The molecule has 0 saturated heterocycles. The lowest BCUT2D eigenvalue weighted by Crippen LogP contribution is -2.46. The third-order valence-corrected chi connectivity index (χ3v) is 3.59. The van der Waals surface area contributed by atoms with Crippen LogP contribution in [0.4, 0.5) is 0 Å². The summed E-state index contributed by atoms with van der Waals surface area (Å²) in [6.45, 7) is 18.4. The highest BCUT2D eigenvalue weighted by molar-refractivity contribution is 4.83. The number of hydrogen-bond donors (Lipinski definition) is 1. The van der Waals surface area contributed by atoms with Crippen LogP contribution in [-0.4, -0.2) is 37.1 Å². The molecule has 2 nitrogen and oxygen atoms in total. The van der Waals surface area contributed by atoms with Crippen molar-refractivity contribution in [3.63, 3.8) is 0 Å². The highest BCUT2D eigenvalue weighted by atomic mass is 15.1. The second kappa shape index (κ2) is 8.08. The quantitative estimate of drug-likeness (QED) is 0.652. The Morgan fingerprint density at radius 3 is 2.25 bits per heavy atom. The van der Waals surface area contributed by atoms with Crippen molar-refractivity contribution in [2.45, 2.75) is 60.4 Å². The van der Waals surface area contributed by atoms with Gasteiger partial charge in [-0.25, -0.2) is 0 Å². The van der Waals surface area contributed by atoms with Gasteiger partial charge in [0.15, 0.2) is 0 Å². The molecule has 0 aliphatic heterocycles. The topological polar surface area (TPSA) is 15.3 Å². The molecule has 1 N–H and O–H groups in total. The molecule has 0 saturated carbocycles. The van der Waals surface area contributed by atoms with Gasteiger partial charge in [0.25, 0.3) is 0 Å². The molecule has 16 heavy (non-hydrogen) atoms. The summed E-state index contributed by atoms with van der Waals surface area (Å²) in [6, 6.07) is 0.577. The minimum absolute atomic E-state index is 0.347. The van der Waals surface area contributed by atoms with Crippen molar-refractivity contribution in [3.05, 3.63) is 0 Å². The molecule has 0 aliphatic carbocycles. The summed E-state index contributed by atoms with van der Waals surface area (Å²) in [5, 5.41) is 3.54. The Kier molecular flexibility index (Phi) is 8.04. The summed E-state index contributed by atoms with van der Waals surface area (Å²) < 4.78 is 0. The van der Waals surface area contributed by atoms with Crippen molar-refractivity contribution in [3.8, 4) is 0 Å². The molecule has 1 unspecified atom stereocenters. The van der Waals surface area contributed by atoms with Crippen LogP contribution in [0, 0.1) is 5.41 Å². The maximum absolute atomic E-state index is 3.54. The molecule has 0 aromatic heterocycles. The van der Waals surface area contributed by atoms with Crippen molar-refractivity contribution in [1.29, 1.82) is 0 Å². The first-order valence-electron chi connectivity index (χ1n) is 6.93. The van der Waals surface area contributed by atoms with E-state index in [1.54, 1.807) is 0 Å². The fourth-order valence-electron chi connectivity index (χ4n) is 2.03. The van der Waals surface area contributed by atoms with Gasteiger partial charge >= 0.3 is 0 Å². The van der Waals surface area contributed by atoms with Crippen molar-refractivity contribution < 1.29 is 0 Å². The molecule has 1 atom stereocenters. The molecular weight excluding hydrogens is 196 g/mol. The zero-order valence-electron chi connectivity index (χ0n) is 12.3. The van der Waals surface area contributed by atoms with Crippen LogP contribution in [0.15, 0.2) is 0 Å². The van der Waals surface area contributed by atoms with E-state index in [2.05, 4.69) is 51.8 Å². The van der Waals surface area contributed by atoms with E-state index in [4.69, 9.17) is 0 Å². The van der Waals surface area contributed by atoms with E-state index in [1.165, 1.54) is 32.5 Å². The van der Waals surface area contributed by atoms with Crippen LogP contribution >= 0.6 is 0 Å². The molecule has 0 rings (SSSR count). The Hall–Kier alpha value is -0.0800. The highest BCUT2D eigenvalue weighted by Crippen LogP contribution is 2.22. The van der Waals surface area contributed by atoms with Gasteiger partial charge in [0.2, 0.25) is 0 Å². The van der Waals surface area contributed by atoms with Crippen LogP contribution in [-0.2, 0) is 0 Å². The molecule has 0 spiro atoms. The molecule has 98 valence electrons. The maximum atomic E-state index is 3.54. The van der Waals surface area contributed by atoms with E-state index in [9.17, 15) is 0 Å². The smallest absolute Gasteiger partial charge is 0.0102 e. The Balaban J connectivity index is 4.18. The second-order valence-corrected chi connectivity index (χ2v) is 5.49. The van der Waals surface area contributed by atoms with E-state index < -0.39 is 0 Å². The fraction of sp³-hybridized carbons (Fsp3) is 1.00. The molecule has 0 amide bonds. The monoisotopic (exact) mass is 228 g/mol. The molecule has 0 radical (unpaired) electrons. The van der Waals surface area contributed by atoms with Crippen LogP contribution in [0.5, 0.6) is 0 Å². The lowest BCUT2D eigenvalue weighted by molar-refractivity contribution is 0.147. The van der Waals surface area contributed by atoms with Gasteiger partial charge in [-0.3, -0.25) is 0 Å². The lowest BCUT2D eigenvalue weighted by atomic mass is 9.84. The average Bonchev–Trinajstić information content (AvgIpc) is 2.24. The Labute approximate surface area is 103 Å². The Morgan fingerprint density at radius 1 is 1.19 bits per heavy atom. The predicted molar refractivity (Wildman–Crippen MR) is 73.9 cm³/mol. The molecule has 0 aliphatic rings. The van der Waals surface area contributed by atoms with E-state index in [1.807, 2.05) is 0 Å². The zero-order chi connectivity index (χ0) is 12.6. The van der Waals surface area contributed by atoms with Crippen molar-refractivity contribution >= 4 is 0 Å². The highest BCUT2D eigenvalue weighted by Gasteiger charge is 2.27. The summed E-state index contributed by atoms with van der Waals surface area (Å²) >= 11 is 0. The van der Waals surface area contributed by atoms with Crippen LogP contribution < -0.4 is 5.32 Å². The largest absolute Gasteiger partial charge is 0.314 e. The van der Waals surface area contributed by atoms with E-state index in [0.717, 1.165) is 6.54 Å². The van der Waals surface area contributed by atoms with Gasteiger partial charge in [0, 0.05) is 12.6 Å². The first kappa shape index (κ1) is 15.9. The van der Waals surface area contributed by atoms with Gasteiger partial charge in [-0.1, -0.05) is 41.0 Å². The minimum Gasteiger partial charge on any atom is -0.314 e. The van der Waals surface area contributed by atoms with E-state index >= 15 is 0 Å². The van der Waals surface area contributed by atoms with Crippen LogP contribution in [0.25, 0.3) is 0 Å². The number of rotatable bonds is 9. The number of hydrogen-bond acceptors (Lipinski definition) is 2. The zero-order valence-corrected chi connectivity index (χ0v) is 12.3. The molecule has 2 heteroatoms. The van der Waals surface area contributed by atoms with Gasteiger partial charge in [-0.2, -0.15) is 0 Å². The molecule has 0 aromatic carbocycles. The number of nitrogens with zero attached hydrogens (tertiary/aromatic N) is 1. The number of unbranched alkanes of at least 4 members (excludes halogenated alkanes) is 1. The predicted octanol–water partition coefficient (Wildman–Crippen LogP) is 3.13. The van der Waals surface area contributed by atoms with Crippen molar-refractivity contribution in [1.82, 2.24) is 10.2 Å². The Bertz CT molecular complexity index is 166. The van der Waals surface area contributed by atoms with Crippen molar-refractivity contribution in [2.75, 3.05) is 26.2 Å². The van der Waals surface area contributed by atoms with Gasteiger partial charge < -0.3 is 10.2 Å². The third kappa shape index (κ3) is 5.86. The summed E-state index contributed by atoms with van der Waals surface area (Å²) in [4.78, 5) is 2.58. The lowest BCUT2D eigenvalue weighted by Gasteiger charge is -2.37. The summed E-state index contributed by atoms with van der Waals surface area (Å²) in [7, 11) is 0.